The number of imidazole rings is 1. The van der Waals surface area contributed by atoms with Crippen molar-refractivity contribution in [3.63, 3.8) is 0 Å². The molecule has 0 bridgehead atoms. The van der Waals surface area contributed by atoms with Gasteiger partial charge in [-0.25, -0.2) is 19.5 Å². The molecule has 5 rings (SSSR count). The molecular weight excluding hydrogens is 382 g/mol. The topological polar surface area (TPSA) is 62.5 Å². The van der Waals surface area contributed by atoms with Gasteiger partial charge in [0, 0.05) is 31.6 Å². The van der Waals surface area contributed by atoms with E-state index >= 15 is 0 Å². The standard InChI is InChI=1S/C21H25N7S/c1-21(2,3)16-13-28-17(24-16)5-6-18(25-28)26-8-4-9-27(11-10-26)19-15-7-12-29-20(15)23-14-22-19/h5-7,12-14H,4,8-11H2,1-3H3. The molecule has 7 nitrogen and oxygen atoms in total. The van der Waals surface area contributed by atoms with Crippen LogP contribution >= 0.6 is 11.3 Å². The first-order chi connectivity index (χ1) is 14.0. The van der Waals surface area contributed by atoms with Crippen LogP contribution in [0.4, 0.5) is 11.6 Å². The zero-order valence-corrected chi connectivity index (χ0v) is 17.9. The lowest BCUT2D eigenvalue weighted by molar-refractivity contribution is 0.572. The molecule has 1 aliphatic rings. The summed E-state index contributed by atoms with van der Waals surface area (Å²) >= 11 is 1.67. The van der Waals surface area contributed by atoms with Crippen LogP contribution < -0.4 is 9.80 Å². The normalized spacial score (nSPS) is 16.0. The number of nitrogens with zero attached hydrogens (tertiary/aromatic N) is 7. The molecule has 4 aromatic rings. The van der Waals surface area contributed by atoms with Crippen LogP contribution in [-0.4, -0.2) is 50.7 Å². The first-order valence-electron chi connectivity index (χ1n) is 10.0. The van der Waals surface area contributed by atoms with Gasteiger partial charge in [-0.1, -0.05) is 20.8 Å². The van der Waals surface area contributed by atoms with Crippen molar-refractivity contribution >= 4 is 38.8 Å². The predicted octanol–water partition coefficient (Wildman–Crippen LogP) is 3.75. The Labute approximate surface area is 174 Å². The number of fused-ring (bicyclic) bond motifs is 2. The molecule has 1 aliphatic heterocycles. The molecule has 8 heteroatoms. The van der Waals surface area contributed by atoms with Crippen molar-refractivity contribution in [3.05, 3.63) is 41.8 Å². The maximum atomic E-state index is 4.85. The summed E-state index contributed by atoms with van der Waals surface area (Å²) in [6.45, 7) is 10.3. The van der Waals surface area contributed by atoms with Gasteiger partial charge in [0.2, 0.25) is 0 Å². The van der Waals surface area contributed by atoms with Gasteiger partial charge in [-0.05, 0) is 30.0 Å². The van der Waals surface area contributed by atoms with E-state index in [1.54, 1.807) is 17.7 Å². The zero-order valence-electron chi connectivity index (χ0n) is 17.0. The second kappa shape index (κ2) is 6.95. The summed E-state index contributed by atoms with van der Waals surface area (Å²) in [5.41, 5.74) is 1.98. The lowest BCUT2D eigenvalue weighted by Gasteiger charge is -2.23. The minimum absolute atomic E-state index is 0.0154. The van der Waals surface area contributed by atoms with E-state index in [4.69, 9.17) is 10.1 Å². The van der Waals surface area contributed by atoms with E-state index in [0.717, 1.165) is 65.8 Å². The third-order valence-corrected chi connectivity index (χ3v) is 6.26. The summed E-state index contributed by atoms with van der Waals surface area (Å²) in [7, 11) is 0. The van der Waals surface area contributed by atoms with Crippen LogP contribution in [0.1, 0.15) is 32.9 Å². The second-order valence-corrected chi connectivity index (χ2v) is 9.43. The van der Waals surface area contributed by atoms with Gasteiger partial charge in [0.25, 0.3) is 0 Å². The minimum atomic E-state index is 0.0154. The molecule has 1 saturated heterocycles. The monoisotopic (exact) mass is 407 g/mol. The SMILES string of the molecule is CC(C)(C)c1cn2nc(N3CCCN(c4ncnc5sccc45)CC3)ccc2n1. The summed E-state index contributed by atoms with van der Waals surface area (Å²) in [6.07, 6.45) is 4.79. The Morgan fingerprint density at radius 1 is 0.966 bits per heavy atom. The van der Waals surface area contributed by atoms with E-state index in [1.807, 2.05) is 4.52 Å². The Hall–Kier alpha value is -2.74. The summed E-state index contributed by atoms with van der Waals surface area (Å²) in [4.78, 5) is 19.5. The van der Waals surface area contributed by atoms with Crippen LogP contribution in [0.25, 0.3) is 15.9 Å². The number of rotatable bonds is 2. The van der Waals surface area contributed by atoms with Crippen molar-refractivity contribution in [2.75, 3.05) is 36.0 Å². The van der Waals surface area contributed by atoms with Gasteiger partial charge in [-0.2, -0.15) is 0 Å². The van der Waals surface area contributed by atoms with Crippen molar-refractivity contribution in [2.45, 2.75) is 32.6 Å². The maximum absolute atomic E-state index is 4.85. The van der Waals surface area contributed by atoms with Crippen LogP contribution in [0.2, 0.25) is 0 Å². The van der Waals surface area contributed by atoms with Crippen molar-refractivity contribution < 1.29 is 0 Å². The highest BCUT2D eigenvalue weighted by Crippen LogP contribution is 2.28. The van der Waals surface area contributed by atoms with E-state index in [9.17, 15) is 0 Å². The van der Waals surface area contributed by atoms with Crippen LogP contribution in [0.3, 0.4) is 0 Å². The molecule has 0 aromatic carbocycles. The summed E-state index contributed by atoms with van der Waals surface area (Å²) in [5.74, 6) is 2.05. The highest BCUT2D eigenvalue weighted by Gasteiger charge is 2.21. The third-order valence-electron chi connectivity index (χ3n) is 5.43. The molecule has 29 heavy (non-hydrogen) atoms. The molecule has 1 fully saturated rings. The predicted molar refractivity (Wildman–Crippen MR) is 118 cm³/mol. The quantitative estimate of drug-likeness (QED) is 0.504. The molecule has 0 radical (unpaired) electrons. The molecule has 0 saturated carbocycles. The second-order valence-electron chi connectivity index (χ2n) is 8.53. The number of hydrogen-bond acceptors (Lipinski definition) is 7. The van der Waals surface area contributed by atoms with Crippen LogP contribution in [-0.2, 0) is 5.41 Å². The van der Waals surface area contributed by atoms with E-state index < -0.39 is 0 Å². The molecule has 0 amide bonds. The average molecular weight is 408 g/mol. The largest absolute Gasteiger partial charge is 0.354 e. The fourth-order valence-corrected chi connectivity index (χ4v) is 4.52. The van der Waals surface area contributed by atoms with Gasteiger partial charge in [0.15, 0.2) is 5.65 Å². The molecule has 4 aromatic heterocycles. The molecular formula is C21H25N7S. The Kier molecular flexibility index (Phi) is 4.38. The van der Waals surface area contributed by atoms with E-state index in [-0.39, 0.29) is 5.41 Å². The van der Waals surface area contributed by atoms with Crippen molar-refractivity contribution in [3.8, 4) is 0 Å². The van der Waals surface area contributed by atoms with Gasteiger partial charge in [-0.15, -0.1) is 16.4 Å². The van der Waals surface area contributed by atoms with Crippen LogP contribution in [0.5, 0.6) is 0 Å². The Morgan fingerprint density at radius 2 is 1.79 bits per heavy atom. The van der Waals surface area contributed by atoms with Gasteiger partial charge in [-0.3, -0.25) is 0 Å². The number of thiophene rings is 1. The van der Waals surface area contributed by atoms with Gasteiger partial charge < -0.3 is 9.80 Å². The first kappa shape index (κ1) is 18.3. The highest BCUT2D eigenvalue weighted by molar-refractivity contribution is 7.16. The van der Waals surface area contributed by atoms with Crippen molar-refractivity contribution in [2.24, 2.45) is 0 Å². The molecule has 0 atom stereocenters. The van der Waals surface area contributed by atoms with Crippen LogP contribution in [0.15, 0.2) is 36.1 Å². The maximum Gasteiger partial charge on any atom is 0.153 e. The summed E-state index contributed by atoms with van der Waals surface area (Å²) < 4.78 is 1.91. The summed E-state index contributed by atoms with van der Waals surface area (Å²) in [5, 5.41) is 8.09. The molecule has 0 aliphatic carbocycles. The fourth-order valence-electron chi connectivity index (χ4n) is 3.79. The molecule has 5 heterocycles. The Balaban J connectivity index is 1.38. The van der Waals surface area contributed by atoms with Crippen molar-refractivity contribution in [1.29, 1.82) is 0 Å². The first-order valence-corrected chi connectivity index (χ1v) is 10.9. The fraction of sp³-hybridized carbons (Fsp3) is 0.429. The zero-order chi connectivity index (χ0) is 20.0. The van der Waals surface area contributed by atoms with Crippen molar-refractivity contribution in [1.82, 2.24) is 24.6 Å². The third kappa shape index (κ3) is 3.42. The van der Waals surface area contributed by atoms with E-state index in [2.05, 4.69) is 70.3 Å². The van der Waals surface area contributed by atoms with Gasteiger partial charge >= 0.3 is 0 Å². The lowest BCUT2D eigenvalue weighted by atomic mass is 9.93. The number of aromatic nitrogens is 5. The molecule has 0 unspecified atom stereocenters. The summed E-state index contributed by atoms with van der Waals surface area (Å²) in [6, 6.07) is 6.28. The lowest BCUT2D eigenvalue weighted by Crippen LogP contribution is -2.31. The smallest absolute Gasteiger partial charge is 0.153 e. The molecule has 0 N–H and O–H groups in total. The van der Waals surface area contributed by atoms with E-state index in [1.165, 1.54) is 0 Å². The van der Waals surface area contributed by atoms with Gasteiger partial charge in [0.1, 0.15) is 22.8 Å². The molecule has 150 valence electrons. The Bertz CT molecular complexity index is 1160. The molecule has 0 spiro atoms. The minimum Gasteiger partial charge on any atom is -0.354 e. The van der Waals surface area contributed by atoms with Crippen LogP contribution in [0, 0.1) is 0 Å². The number of hydrogen-bond donors (Lipinski definition) is 0. The average Bonchev–Trinajstić information content (AvgIpc) is 3.28. The van der Waals surface area contributed by atoms with Gasteiger partial charge in [0.05, 0.1) is 17.3 Å². The highest BCUT2D eigenvalue weighted by atomic mass is 32.1. The number of anilines is 2. The van der Waals surface area contributed by atoms with E-state index in [0.29, 0.717) is 0 Å². The Morgan fingerprint density at radius 3 is 2.66 bits per heavy atom.